The number of nitrogens with one attached hydrogen (secondary N) is 1. The van der Waals surface area contributed by atoms with Crippen LogP contribution in [-0.2, 0) is 4.79 Å². The summed E-state index contributed by atoms with van der Waals surface area (Å²) in [4.78, 5) is 14.6. The van der Waals surface area contributed by atoms with Gasteiger partial charge in [0.15, 0.2) is 0 Å². The molecule has 21 heavy (non-hydrogen) atoms. The molecule has 0 spiro atoms. The average molecular weight is 288 g/mol. The average Bonchev–Trinajstić information content (AvgIpc) is 2.75. The third-order valence-corrected chi connectivity index (χ3v) is 4.62. The number of aryl methyl sites for hydroxylation is 1. The van der Waals surface area contributed by atoms with Gasteiger partial charge in [0, 0.05) is 6.04 Å². The van der Waals surface area contributed by atoms with Gasteiger partial charge in [0.25, 0.3) is 0 Å². The molecule has 1 fully saturated rings. The molecular formula is C18H28N2O. The van der Waals surface area contributed by atoms with Crippen molar-refractivity contribution in [3.8, 4) is 0 Å². The lowest BCUT2D eigenvalue weighted by Gasteiger charge is -2.32. The largest absolute Gasteiger partial charge is 0.319 e. The van der Waals surface area contributed by atoms with Crippen molar-refractivity contribution in [2.45, 2.75) is 65.7 Å². The van der Waals surface area contributed by atoms with Crippen molar-refractivity contribution in [1.29, 1.82) is 0 Å². The third kappa shape index (κ3) is 3.46. The first-order valence-corrected chi connectivity index (χ1v) is 8.08. The summed E-state index contributed by atoms with van der Waals surface area (Å²) in [5, 5.41) is 3.44. The number of nitrogens with zero attached hydrogens (tertiary/aromatic N) is 1. The highest BCUT2D eigenvalue weighted by Gasteiger charge is 2.39. The van der Waals surface area contributed by atoms with Crippen LogP contribution >= 0.6 is 0 Å². The summed E-state index contributed by atoms with van der Waals surface area (Å²) < 4.78 is 0. The highest BCUT2D eigenvalue weighted by Crippen LogP contribution is 2.30. The molecule has 3 nitrogen and oxygen atoms in total. The summed E-state index contributed by atoms with van der Waals surface area (Å²) in [5.41, 5.74) is 2.42. The van der Waals surface area contributed by atoms with Gasteiger partial charge >= 0.3 is 0 Å². The van der Waals surface area contributed by atoms with Gasteiger partial charge in [-0.05, 0) is 38.7 Å². The predicted molar refractivity (Wildman–Crippen MR) is 86.9 cm³/mol. The van der Waals surface area contributed by atoms with Crippen molar-refractivity contribution in [3.05, 3.63) is 35.4 Å². The maximum atomic E-state index is 12.5. The van der Waals surface area contributed by atoms with Gasteiger partial charge in [-0.25, -0.2) is 0 Å². The first-order valence-electron chi connectivity index (χ1n) is 8.08. The van der Waals surface area contributed by atoms with Gasteiger partial charge in [-0.1, -0.05) is 50.1 Å². The summed E-state index contributed by atoms with van der Waals surface area (Å²) in [7, 11) is 0. The van der Waals surface area contributed by atoms with Gasteiger partial charge in [0.1, 0.15) is 6.17 Å². The van der Waals surface area contributed by atoms with E-state index >= 15 is 0 Å². The van der Waals surface area contributed by atoms with Crippen LogP contribution in [0, 0.1) is 12.8 Å². The van der Waals surface area contributed by atoms with Gasteiger partial charge in [-0.15, -0.1) is 0 Å². The molecule has 0 bridgehead atoms. The van der Waals surface area contributed by atoms with E-state index in [4.69, 9.17) is 0 Å². The Hall–Kier alpha value is -1.35. The van der Waals surface area contributed by atoms with Gasteiger partial charge < -0.3 is 4.90 Å². The fourth-order valence-corrected chi connectivity index (χ4v) is 3.08. The zero-order valence-corrected chi connectivity index (χ0v) is 13.9. The fourth-order valence-electron chi connectivity index (χ4n) is 3.08. The minimum atomic E-state index is -0.101. The van der Waals surface area contributed by atoms with Crippen LogP contribution in [-0.4, -0.2) is 22.9 Å². The van der Waals surface area contributed by atoms with E-state index in [1.807, 2.05) is 11.8 Å². The monoisotopic (exact) mass is 288 g/mol. The van der Waals surface area contributed by atoms with Crippen molar-refractivity contribution < 1.29 is 4.79 Å². The molecule has 0 saturated carbocycles. The maximum Gasteiger partial charge on any atom is 0.241 e. The van der Waals surface area contributed by atoms with Crippen molar-refractivity contribution in [2.75, 3.05) is 0 Å². The summed E-state index contributed by atoms with van der Waals surface area (Å²) in [6.45, 7) is 10.7. The molecule has 1 aliphatic rings. The van der Waals surface area contributed by atoms with Gasteiger partial charge in [-0.3, -0.25) is 10.1 Å². The Balaban J connectivity index is 2.22. The summed E-state index contributed by atoms with van der Waals surface area (Å²) in [6, 6.07) is 8.64. The number of carbonyl (C=O) groups excluding carboxylic acids is 1. The fraction of sp³-hybridized carbons (Fsp3) is 0.611. The summed E-state index contributed by atoms with van der Waals surface area (Å²) in [6.07, 6.45) is 2.22. The predicted octanol–water partition coefficient (Wildman–Crippen LogP) is 3.64. The molecule has 3 heteroatoms. The van der Waals surface area contributed by atoms with E-state index in [9.17, 15) is 4.79 Å². The second-order valence-corrected chi connectivity index (χ2v) is 6.55. The molecule has 1 aromatic carbocycles. The van der Waals surface area contributed by atoms with Crippen LogP contribution in [0.1, 0.15) is 57.8 Å². The van der Waals surface area contributed by atoms with E-state index in [-0.39, 0.29) is 24.2 Å². The lowest BCUT2D eigenvalue weighted by molar-refractivity contribution is -0.132. The van der Waals surface area contributed by atoms with Crippen LogP contribution in [0.4, 0.5) is 0 Å². The standard InChI is InChI=1S/C18H28N2O/c1-6-12(2)11-14(4)20-17(19-15(5)18(20)21)16-9-7-13(3)8-10-16/h7-10,12,14-15,17,19H,6,11H2,1-5H3. The zero-order valence-electron chi connectivity index (χ0n) is 13.9. The number of amides is 1. The maximum absolute atomic E-state index is 12.5. The topological polar surface area (TPSA) is 32.3 Å². The number of hydrogen-bond donors (Lipinski definition) is 1. The molecule has 1 aliphatic heterocycles. The number of carbonyl (C=O) groups is 1. The Kier molecular flexibility index (Phi) is 5.04. The van der Waals surface area contributed by atoms with E-state index < -0.39 is 0 Å². The Bertz CT molecular complexity index is 482. The molecule has 1 aromatic rings. The van der Waals surface area contributed by atoms with Crippen LogP contribution in [0.15, 0.2) is 24.3 Å². The molecule has 0 radical (unpaired) electrons. The van der Waals surface area contributed by atoms with Gasteiger partial charge in [0.05, 0.1) is 6.04 Å². The molecule has 116 valence electrons. The van der Waals surface area contributed by atoms with Crippen molar-refractivity contribution in [3.63, 3.8) is 0 Å². The number of benzene rings is 1. The van der Waals surface area contributed by atoms with Crippen LogP contribution < -0.4 is 5.32 Å². The third-order valence-electron chi connectivity index (χ3n) is 4.62. The summed E-state index contributed by atoms with van der Waals surface area (Å²) >= 11 is 0. The second kappa shape index (κ2) is 6.61. The quantitative estimate of drug-likeness (QED) is 0.897. The molecular weight excluding hydrogens is 260 g/mol. The van der Waals surface area contributed by atoms with Gasteiger partial charge in [0.2, 0.25) is 5.91 Å². The molecule has 2 rings (SSSR count). The molecule has 0 aromatic heterocycles. The minimum Gasteiger partial charge on any atom is -0.319 e. The Labute approximate surface area is 128 Å². The van der Waals surface area contributed by atoms with E-state index in [2.05, 4.69) is 57.3 Å². The smallest absolute Gasteiger partial charge is 0.241 e. The zero-order chi connectivity index (χ0) is 15.6. The van der Waals surface area contributed by atoms with Crippen LogP contribution in [0.5, 0.6) is 0 Å². The van der Waals surface area contributed by atoms with E-state index in [0.717, 1.165) is 12.8 Å². The van der Waals surface area contributed by atoms with Crippen LogP contribution in [0.25, 0.3) is 0 Å². The molecule has 1 N–H and O–H groups in total. The molecule has 1 saturated heterocycles. The normalized spacial score (nSPS) is 25.2. The van der Waals surface area contributed by atoms with Crippen molar-refractivity contribution in [1.82, 2.24) is 10.2 Å². The molecule has 0 aliphatic carbocycles. The van der Waals surface area contributed by atoms with E-state index in [1.165, 1.54) is 11.1 Å². The molecule has 1 amide bonds. The summed E-state index contributed by atoms with van der Waals surface area (Å²) in [5.74, 6) is 0.860. The highest BCUT2D eigenvalue weighted by molar-refractivity contribution is 5.84. The van der Waals surface area contributed by atoms with Gasteiger partial charge in [-0.2, -0.15) is 0 Å². The molecule has 4 unspecified atom stereocenters. The minimum absolute atomic E-state index is 0.00663. The number of hydrogen-bond acceptors (Lipinski definition) is 2. The molecule has 1 heterocycles. The Morgan fingerprint density at radius 1 is 1.24 bits per heavy atom. The van der Waals surface area contributed by atoms with E-state index in [1.54, 1.807) is 0 Å². The highest BCUT2D eigenvalue weighted by atomic mass is 16.2. The van der Waals surface area contributed by atoms with Crippen LogP contribution in [0.2, 0.25) is 0 Å². The first-order chi connectivity index (χ1) is 9.93. The van der Waals surface area contributed by atoms with Crippen molar-refractivity contribution in [2.24, 2.45) is 5.92 Å². The van der Waals surface area contributed by atoms with Crippen LogP contribution in [0.3, 0.4) is 0 Å². The lowest BCUT2D eigenvalue weighted by atomic mass is 9.98. The second-order valence-electron chi connectivity index (χ2n) is 6.55. The Morgan fingerprint density at radius 3 is 2.43 bits per heavy atom. The number of rotatable bonds is 5. The lowest BCUT2D eigenvalue weighted by Crippen LogP contribution is -2.39. The van der Waals surface area contributed by atoms with Crippen molar-refractivity contribution >= 4 is 5.91 Å². The van der Waals surface area contributed by atoms with E-state index in [0.29, 0.717) is 5.92 Å². The Morgan fingerprint density at radius 2 is 1.86 bits per heavy atom. The molecule has 4 atom stereocenters. The first kappa shape index (κ1) is 16.0. The SMILES string of the molecule is CCC(C)CC(C)N1C(=O)C(C)NC1c1ccc(C)cc1.